The number of hydrogen-bond donors (Lipinski definition) is 3. The second-order valence-corrected chi connectivity index (χ2v) is 13.4. The van der Waals surface area contributed by atoms with Crippen molar-refractivity contribution in [2.45, 2.75) is 25.4 Å². The largest absolute Gasteiger partial charge is 0.392 e. The van der Waals surface area contributed by atoms with E-state index in [0.29, 0.717) is 30.2 Å². The van der Waals surface area contributed by atoms with Gasteiger partial charge in [-0.2, -0.15) is 0 Å². The number of H-pyrrole nitrogens is 1. The van der Waals surface area contributed by atoms with Crippen molar-refractivity contribution < 1.29 is 18.3 Å². The van der Waals surface area contributed by atoms with Crippen LogP contribution in [0.15, 0.2) is 91.5 Å². The molecule has 1 amide bonds. The first-order valence-corrected chi connectivity index (χ1v) is 16.6. The summed E-state index contributed by atoms with van der Waals surface area (Å²) in [5, 5.41) is 16.1. The first-order valence-electron chi connectivity index (χ1n) is 14.8. The molecule has 7 rings (SSSR count). The fourth-order valence-electron chi connectivity index (χ4n) is 6.25. The Bertz CT molecular complexity index is 2110. The second-order valence-electron chi connectivity index (χ2n) is 11.4. The van der Waals surface area contributed by atoms with E-state index in [0.717, 1.165) is 51.4 Å². The van der Waals surface area contributed by atoms with Crippen molar-refractivity contribution in [3.05, 3.63) is 103 Å². The number of rotatable bonds is 6. The molecule has 1 aliphatic heterocycles. The Morgan fingerprint density at radius 3 is 2.29 bits per heavy atom. The molecule has 228 valence electrons. The van der Waals surface area contributed by atoms with E-state index in [2.05, 4.69) is 44.5 Å². The maximum absolute atomic E-state index is 13.1. The van der Waals surface area contributed by atoms with Gasteiger partial charge in [-0.05, 0) is 70.0 Å². The van der Waals surface area contributed by atoms with E-state index in [9.17, 15) is 18.3 Å². The number of aliphatic hydroxyl groups excluding tert-OH is 1. The molecule has 0 aliphatic carbocycles. The topological polar surface area (TPSA) is 133 Å². The smallest absolute Gasteiger partial charge is 0.331 e. The molecule has 11 heteroatoms. The van der Waals surface area contributed by atoms with Gasteiger partial charge in [0.05, 0.1) is 12.9 Å². The summed E-state index contributed by atoms with van der Waals surface area (Å²) < 4.78 is 26.8. The molecule has 1 aliphatic rings. The van der Waals surface area contributed by atoms with Crippen LogP contribution in [0.2, 0.25) is 0 Å². The number of hydrogen-bond acceptors (Lipinski definition) is 6. The number of carbonyl (C=O) groups excluding carboxylic acids is 1. The average Bonchev–Trinajstić information content (AvgIpc) is 3.69. The lowest BCUT2D eigenvalue weighted by molar-refractivity contribution is 0.253. The monoisotopic (exact) mass is 620 g/mol. The molecule has 45 heavy (non-hydrogen) atoms. The van der Waals surface area contributed by atoms with Crippen LogP contribution in [0, 0.1) is 0 Å². The van der Waals surface area contributed by atoms with Gasteiger partial charge < -0.3 is 10.1 Å². The summed E-state index contributed by atoms with van der Waals surface area (Å²) in [6.45, 7) is 0.765. The van der Waals surface area contributed by atoms with Crippen molar-refractivity contribution >= 4 is 43.7 Å². The molecule has 1 fully saturated rings. The average molecular weight is 621 g/mol. The number of aromatic amines is 1. The normalized spacial score (nSPS) is 14.7. The summed E-state index contributed by atoms with van der Waals surface area (Å²) in [6, 6.07) is 21.5. The Morgan fingerprint density at radius 1 is 0.956 bits per heavy atom. The van der Waals surface area contributed by atoms with Crippen LogP contribution in [0.25, 0.3) is 44.2 Å². The number of aliphatic hydroxyl groups is 1. The number of nitrogens with one attached hydrogen (secondary N) is 2. The number of sulfonamides is 1. The number of aromatic nitrogens is 4. The Labute approximate surface area is 260 Å². The highest BCUT2D eigenvalue weighted by molar-refractivity contribution is 7.88. The molecular formula is C34H32N6O4S. The molecule has 0 bridgehead atoms. The van der Waals surface area contributed by atoms with Crippen molar-refractivity contribution in [1.82, 2.24) is 23.8 Å². The highest BCUT2D eigenvalue weighted by Crippen LogP contribution is 2.36. The third-order valence-electron chi connectivity index (χ3n) is 8.66. The molecule has 4 aromatic heterocycles. The fourth-order valence-corrected chi connectivity index (χ4v) is 7.13. The van der Waals surface area contributed by atoms with E-state index >= 15 is 0 Å². The van der Waals surface area contributed by atoms with Crippen molar-refractivity contribution in [2.24, 2.45) is 0 Å². The molecule has 2 aromatic carbocycles. The number of piperidine rings is 1. The minimum Gasteiger partial charge on any atom is -0.392 e. The van der Waals surface area contributed by atoms with Crippen molar-refractivity contribution in [3.63, 3.8) is 0 Å². The Balaban J connectivity index is 1.15. The van der Waals surface area contributed by atoms with Crippen LogP contribution in [0.5, 0.6) is 0 Å². The molecule has 0 atom stereocenters. The standard InChI is InChI=1S/C34H32N6O4S/c1-45(43,44)40-16-12-23(13-17-40)22-6-8-24(9-7-22)31-18-29-27(10-14-35-32(29)37-31)28-11-15-36-33(30(28)21-41)38-34(42)39-19-25-4-2-3-5-26(25)20-39/h2-11,14-15,18-20,23,41H,12-13,16-17,21H2,1H3,(H,35,37)(H,36,38,42). The zero-order valence-electron chi connectivity index (χ0n) is 24.6. The molecule has 10 nitrogen and oxygen atoms in total. The minimum atomic E-state index is -3.15. The third kappa shape index (κ3) is 5.61. The van der Waals surface area contributed by atoms with Crippen LogP contribution in [0.4, 0.5) is 10.6 Å². The number of amides is 1. The van der Waals surface area contributed by atoms with Gasteiger partial charge in [-0.1, -0.05) is 48.5 Å². The van der Waals surface area contributed by atoms with Gasteiger partial charge in [-0.3, -0.25) is 9.88 Å². The van der Waals surface area contributed by atoms with E-state index in [1.54, 1.807) is 29.1 Å². The first kappa shape index (κ1) is 28.9. The van der Waals surface area contributed by atoms with Crippen molar-refractivity contribution in [3.8, 4) is 22.4 Å². The minimum absolute atomic E-state index is 0.288. The summed E-state index contributed by atoms with van der Waals surface area (Å²) in [5.74, 6) is 0.610. The van der Waals surface area contributed by atoms with Crippen LogP contribution in [-0.2, 0) is 16.6 Å². The summed E-state index contributed by atoms with van der Waals surface area (Å²) in [5.41, 5.74) is 5.90. The predicted molar refractivity (Wildman–Crippen MR) is 175 cm³/mol. The lowest BCUT2D eigenvalue weighted by Crippen LogP contribution is -2.37. The molecular weight excluding hydrogens is 588 g/mol. The number of anilines is 1. The van der Waals surface area contributed by atoms with Gasteiger partial charge in [0.2, 0.25) is 10.0 Å². The molecule has 1 saturated heterocycles. The fraction of sp³-hybridized carbons (Fsp3) is 0.206. The van der Waals surface area contributed by atoms with Crippen LogP contribution < -0.4 is 5.32 Å². The van der Waals surface area contributed by atoms with Gasteiger partial charge in [-0.25, -0.2) is 27.5 Å². The Hall–Kier alpha value is -4.84. The van der Waals surface area contributed by atoms with E-state index < -0.39 is 10.0 Å². The van der Waals surface area contributed by atoms with Crippen LogP contribution in [0.1, 0.15) is 29.9 Å². The molecule has 0 unspecified atom stereocenters. The molecule has 0 spiro atoms. The van der Waals surface area contributed by atoms with E-state index in [1.807, 2.05) is 42.5 Å². The third-order valence-corrected chi connectivity index (χ3v) is 9.97. The lowest BCUT2D eigenvalue weighted by Gasteiger charge is -2.30. The summed E-state index contributed by atoms with van der Waals surface area (Å²) in [4.78, 5) is 25.5. The number of fused-ring (bicyclic) bond motifs is 2. The SMILES string of the molecule is CS(=O)(=O)N1CCC(c2ccc(-c3cc4c(-c5ccnc(NC(=O)n6cc7ccccc7c6)c5CO)ccnc4[nH]3)cc2)CC1. The Kier molecular flexibility index (Phi) is 7.44. The Morgan fingerprint density at radius 2 is 1.62 bits per heavy atom. The van der Waals surface area contributed by atoms with Gasteiger partial charge in [0.15, 0.2) is 0 Å². The van der Waals surface area contributed by atoms with Gasteiger partial charge in [0.1, 0.15) is 11.5 Å². The number of carbonyl (C=O) groups is 1. The lowest BCUT2D eigenvalue weighted by atomic mass is 9.89. The predicted octanol–water partition coefficient (Wildman–Crippen LogP) is 5.96. The van der Waals surface area contributed by atoms with Gasteiger partial charge >= 0.3 is 6.03 Å². The quantitative estimate of drug-likeness (QED) is 0.211. The van der Waals surface area contributed by atoms with Gasteiger partial charge in [0.25, 0.3) is 0 Å². The number of benzene rings is 2. The van der Waals surface area contributed by atoms with E-state index in [1.165, 1.54) is 16.4 Å². The summed E-state index contributed by atoms with van der Waals surface area (Å²) in [6.07, 6.45) is 9.73. The zero-order valence-corrected chi connectivity index (χ0v) is 25.5. The summed E-state index contributed by atoms with van der Waals surface area (Å²) in [7, 11) is -3.15. The molecule has 5 heterocycles. The van der Waals surface area contributed by atoms with Crippen LogP contribution >= 0.6 is 0 Å². The van der Waals surface area contributed by atoms with E-state index in [-0.39, 0.29) is 18.5 Å². The number of pyridine rings is 2. The molecule has 6 aromatic rings. The van der Waals surface area contributed by atoms with Crippen molar-refractivity contribution in [1.29, 1.82) is 0 Å². The van der Waals surface area contributed by atoms with Gasteiger partial charge in [-0.15, -0.1) is 0 Å². The van der Waals surface area contributed by atoms with Gasteiger partial charge in [0, 0.05) is 54.5 Å². The maximum atomic E-state index is 13.1. The maximum Gasteiger partial charge on any atom is 0.331 e. The first-order chi connectivity index (χ1) is 21.8. The van der Waals surface area contributed by atoms with Crippen molar-refractivity contribution in [2.75, 3.05) is 24.7 Å². The zero-order chi connectivity index (χ0) is 31.1. The molecule has 3 N–H and O–H groups in total. The molecule has 0 saturated carbocycles. The van der Waals surface area contributed by atoms with Crippen LogP contribution in [-0.4, -0.2) is 62.7 Å². The van der Waals surface area contributed by atoms with Crippen LogP contribution in [0.3, 0.4) is 0 Å². The number of nitrogens with zero attached hydrogens (tertiary/aromatic N) is 4. The highest BCUT2D eigenvalue weighted by Gasteiger charge is 2.26. The molecule has 0 radical (unpaired) electrons. The summed E-state index contributed by atoms with van der Waals surface area (Å²) >= 11 is 0. The second kappa shape index (κ2) is 11.6. The highest BCUT2D eigenvalue weighted by atomic mass is 32.2. The van der Waals surface area contributed by atoms with E-state index in [4.69, 9.17) is 0 Å².